The Balaban J connectivity index is 0.000000148. The number of fused-ring (bicyclic) bond motifs is 3. The fourth-order valence-electron chi connectivity index (χ4n) is 16.9. The number of halogens is 7. The van der Waals surface area contributed by atoms with E-state index in [1.807, 2.05) is 49.7 Å². The molecule has 47 heteroatoms. The van der Waals surface area contributed by atoms with Crippen LogP contribution in [0.3, 0.4) is 0 Å². The predicted octanol–water partition coefficient (Wildman–Crippen LogP) is 11.7. The van der Waals surface area contributed by atoms with Gasteiger partial charge in [-0.15, -0.1) is 34.0 Å². The summed E-state index contributed by atoms with van der Waals surface area (Å²) in [6.45, 7) is 6.75. The van der Waals surface area contributed by atoms with E-state index >= 15 is 0 Å². The highest BCUT2D eigenvalue weighted by molar-refractivity contribution is 7.16. The van der Waals surface area contributed by atoms with Gasteiger partial charge in [0.25, 0.3) is 0 Å². The molecule has 4 N–H and O–H groups in total. The maximum Gasteiger partial charge on any atom is 0.338 e. The first-order valence-electron chi connectivity index (χ1n) is 42.0. The van der Waals surface area contributed by atoms with Gasteiger partial charge in [0, 0.05) is 198 Å². The lowest BCUT2D eigenvalue weighted by molar-refractivity contribution is -0.137. The van der Waals surface area contributed by atoms with Crippen molar-refractivity contribution in [2.24, 2.45) is 15.0 Å². The van der Waals surface area contributed by atoms with E-state index in [-0.39, 0.29) is 91.8 Å². The summed E-state index contributed by atoms with van der Waals surface area (Å²) in [4.78, 5) is 167. The molecule has 6 atom stereocenters. The Labute approximate surface area is 809 Å². The van der Waals surface area contributed by atoms with Crippen LogP contribution in [0.4, 0.5) is 47.9 Å². The van der Waals surface area contributed by atoms with Gasteiger partial charge < -0.3 is 59.4 Å². The number of carbonyl (C=O) groups excluding carboxylic acids is 8. The fraction of sp³-hybridized carbons (Fsp3) is 0.315. The number of ether oxygens (including phenoxy) is 5. The molecule has 9 aliphatic heterocycles. The number of amidine groups is 3. The number of rotatable bonds is 25. The first-order chi connectivity index (χ1) is 65.6. The van der Waals surface area contributed by atoms with Crippen molar-refractivity contribution in [3.05, 3.63) is 251 Å². The summed E-state index contributed by atoms with van der Waals surface area (Å²) in [6, 6.07) is 15.6. The van der Waals surface area contributed by atoms with Crippen molar-refractivity contribution in [3.63, 3.8) is 0 Å². The molecule has 6 saturated heterocycles. The van der Waals surface area contributed by atoms with Crippen LogP contribution in [0.1, 0.15) is 72.4 Å². The van der Waals surface area contributed by atoms with Crippen LogP contribution in [0.5, 0.6) is 0 Å². The summed E-state index contributed by atoms with van der Waals surface area (Å²) in [7, 11) is 6.44. The van der Waals surface area contributed by atoms with Crippen LogP contribution < -0.4 is 30.7 Å². The zero-order valence-corrected chi connectivity index (χ0v) is 79.1. The number of aromatic nitrogens is 5. The number of carbonyl (C=O) groups is 9. The van der Waals surface area contributed by atoms with Crippen LogP contribution in [0, 0.1) is 22.6 Å². The van der Waals surface area contributed by atoms with E-state index in [1.54, 1.807) is 50.8 Å². The third-order valence-electron chi connectivity index (χ3n) is 23.3. The standard InChI is InChI=1S/C31H29ClF2N6O5S.2C29H27ClFN7O5S2/c1-45-30(43)26-23(36-28(29-35-13-24(34)46-29)37-27(26)21-8-5-18(33)12-22(21)32)16-38-10-11-39-20(14-38)15-40(31(39)44)19-6-2-17(3-7-19)4-9-25(41)42;1-42-22(39)6-4-18-12-33-28(45-18)38-14-17-13-36(8-9-37(17)29(38)41)15-21-23(27(40)43-2)24(19-5-3-16(31)11-20(19)30)35-25(34-21)26-32-7-10-44-26;1-42-22(39)6-4-17-15-45-28(33-17)38-13-18-12-36(8-9-37(18)29(38)41)14-21-23(27(40)43-2)24(19-5-3-16(31)11-20(19)30)35-25(34-21)26-32-7-10-44-26/h2-3,5-8,12-13,20,27H,4,9-11,14-16H2,1H3,(H,36,37)(H,41,42);3-7,10-12,17,24H,8-9,13-15H2,1-2H3,(H,34,35);3-7,10-11,15,18,24H,8-9,12-14H2,1-2H3,(H,34,35)/b;2*6-4+/t20-,27-;17-,24-;18-,24-/m000/s1. The number of carboxylic acids is 1. The zero-order chi connectivity index (χ0) is 95.9. The van der Waals surface area contributed by atoms with Crippen molar-refractivity contribution < 1.29 is 89.5 Å². The van der Waals surface area contributed by atoms with E-state index in [4.69, 9.17) is 64.1 Å². The second kappa shape index (κ2) is 42.7. The number of nitrogens with zero attached hydrogens (tertiary/aromatic N) is 17. The second-order valence-electron chi connectivity index (χ2n) is 31.6. The van der Waals surface area contributed by atoms with Gasteiger partial charge in [-0.25, -0.2) is 76.4 Å². The van der Waals surface area contributed by atoms with E-state index in [1.165, 1.54) is 142 Å². The molecule has 14 heterocycles. The number of methoxy groups -OCH3 is 5. The summed E-state index contributed by atoms with van der Waals surface area (Å²) in [5, 5.41) is 26.6. The van der Waals surface area contributed by atoms with Gasteiger partial charge in [-0.3, -0.25) is 49.2 Å². The Kier molecular flexibility index (Phi) is 30.2. The van der Waals surface area contributed by atoms with Crippen LogP contribution in [-0.2, 0) is 58.9 Å². The molecule has 9 aliphatic rings. The van der Waals surface area contributed by atoms with Crippen molar-refractivity contribution in [2.45, 2.75) is 49.1 Å². The molecule has 0 aliphatic carbocycles. The lowest BCUT2D eigenvalue weighted by Gasteiger charge is -2.38. The molecule has 0 saturated carbocycles. The Bertz CT molecular complexity index is 6150. The minimum absolute atomic E-state index is 0.0302. The molecule has 136 heavy (non-hydrogen) atoms. The number of benzene rings is 4. The van der Waals surface area contributed by atoms with Crippen LogP contribution in [0.25, 0.3) is 12.2 Å². The van der Waals surface area contributed by atoms with Crippen LogP contribution in [0.2, 0.25) is 15.1 Å². The molecule has 35 nitrogen and oxygen atoms in total. The van der Waals surface area contributed by atoms with Gasteiger partial charge in [-0.2, -0.15) is 4.39 Å². The normalized spacial score (nSPS) is 20.2. The Morgan fingerprint density at radius 1 is 0.478 bits per heavy atom. The van der Waals surface area contributed by atoms with E-state index in [2.05, 4.69) is 70.0 Å². The minimum Gasteiger partial charge on any atom is -0.481 e. The summed E-state index contributed by atoms with van der Waals surface area (Å²) >= 11 is 25.5. The molecule has 6 fully saturated rings. The average Bonchev–Trinajstić information content (AvgIpc) is 1.40. The number of hydrogen-bond donors (Lipinski definition) is 4. The number of nitrogens with one attached hydrogen (secondary N) is 3. The first-order valence-corrected chi connectivity index (χ1v) is 47.4. The quantitative estimate of drug-likeness (QED) is 0.0179. The van der Waals surface area contributed by atoms with E-state index in [0.717, 1.165) is 34.9 Å². The van der Waals surface area contributed by atoms with E-state index in [9.17, 15) is 60.7 Å². The van der Waals surface area contributed by atoms with Gasteiger partial charge in [-0.1, -0.05) is 87.8 Å². The van der Waals surface area contributed by atoms with Crippen molar-refractivity contribution in [1.29, 1.82) is 0 Å². The van der Waals surface area contributed by atoms with Crippen LogP contribution in [-0.4, -0.2) is 283 Å². The lowest BCUT2D eigenvalue weighted by atomic mass is 9.95. The summed E-state index contributed by atoms with van der Waals surface area (Å²) in [5.41, 5.74) is 5.69. The van der Waals surface area contributed by atoms with E-state index < -0.39 is 76.5 Å². The minimum atomic E-state index is -0.984. The fourth-order valence-corrected chi connectivity index (χ4v) is 21.1. The number of carboxylic acid groups (broad SMARTS) is 1. The number of aryl methyl sites for hydroxylation is 1. The smallest absolute Gasteiger partial charge is 0.338 e. The third kappa shape index (κ3) is 21.5. The molecule has 5 aromatic heterocycles. The summed E-state index contributed by atoms with van der Waals surface area (Å²) in [5.74, 6) is -4.09. The molecule has 708 valence electrons. The summed E-state index contributed by atoms with van der Waals surface area (Å²) < 4.78 is 80.7. The highest BCUT2D eigenvalue weighted by atomic mass is 35.5. The van der Waals surface area contributed by atoms with Gasteiger partial charge in [0.2, 0.25) is 0 Å². The molecule has 0 unspecified atom stereocenters. The molecule has 0 radical (unpaired) electrons. The average molecular weight is 2020 g/mol. The van der Waals surface area contributed by atoms with Crippen LogP contribution >= 0.6 is 91.5 Å². The molecule has 18 rings (SSSR count). The van der Waals surface area contributed by atoms with Gasteiger partial charge in [0.15, 0.2) is 47.9 Å². The number of amides is 6. The van der Waals surface area contributed by atoms with Crippen LogP contribution in [0.15, 0.2) is 181 Å². The highest BCUT2D eigenvalue weighted by Gasteiger charge is 2.48. The summed E-state index contributed by atoms with van der Waals surface area (Å²) in [6.07, 6.45) is 12.2. The van der Waals surface area contributed by atoms with Crippen molar-refractivity contribution in [2.75, 3.05) is 148 Å². The highest BCUT2D eigenvalue weighted by Crippen LogP contribution is 2.43. The van der Waals surface area contributed by atoms with Gasteiger partial charge in [0.1, 0.15) is 35.6 Å². The number of esters is 5. The van der Waals surface area contributed by atoms with Crippen molar-refractivity contribution in [3.8, 4) is 0 Å². The molecule has 4 aromatic carbocycles. The molecular weight excluding hydrogens is 1930 g/mol. The SMILES string of the molecule is COC(=O)/C=C/c1cnc(N2C[C@@H]3CN(CC4=C(C(=O)OC)[C@H](c5ccc(F)cc5Cl)N=C(c5nccs5)N4)CCN3C2=O)s1.COC(=O)/C=C/c1csc(N2C[C@@H]3CN(CC4=C(C(=O)OC)[C@H](c5ccc(F)cc5Cl)N=C(c5nccs5)N4)CCN3C2=O)n1.COC(=O)C1=C(CN2CCN3C(=O)N(c4ccc(CCC(=O)O)cc4)C[C@@H]3C2)NC(c2ncc(F)s2)=N[C@H]1c1ccc(F)cc1Cl. The molecule has 0 spiro atoms. The van der Waals surface area contributed by atoms with Gasteiger partial charge in [-0.05, 0) is 72.7 Å². The molecular formula is C89H83Cl3F4N20O15S5. The zero-order valence-electron chi connectivity index (χ0n) is 72.8. The van der Waals surface area contributed by atoms with Gasteiger partial charge >= 0.3 is 53.9 Å². The monoisotopic (exact) mass is 2010 g/mol. The number of piperazine rings is 3. The molecule has 6 amide bonds. The predicted molar refractivity (Wildman–Crippen MR) is 503 cm³/mol. The largest absolute Gasteiger partial charge is 0.481 e. The number of aliphatic imine (C=N–C) groups is 3. The number of thiazole rings is 5. The number of aliphatic carboxylic acids is 1. The Morgan fingerprint density at radius 2 is 0.897 bits per heavy atom. The van der Waals surface area contributed by atoms with E-state index in [0.29, 0.717) is 174 Å². The second-order valence-corrected chi connectivity index (χ2v) is 37.5. The first kappa shape index (κ1) is 96.4. The van der Waals surface area contributed by atoms with Gasteiger partial charge in [0.05, 0.1) is 95.4 Å². The molecule has 9 aromatic rings. The topological polar surface area (TPSA) is 387 Å². The molecule has 0 bridgehead atoms. The maximum absolute atomic E-state index is 14.0. The van der Waals surface area contributed by atoms with Crippen molar-refractivity contribution >= 4 is 191 Å². The third-order valence-corrected chi connectivity index (χ3v) is 28.5. The Hall–Kier alpha value is -12.8. The number of hydrogen-bond acceptors (Lipinski definition) is 33. The Morgan fingerprint density at radius 3 is 1.29 bits per heavy atom. The number of anilines is 3. The number of urea groups is 3. The lowest BCUT2D eigenvalue weighted by Crippen LogP contribution is -2.53. The van der Waals surface area contributed by atoms with Crippen molar-refractivity contribution in [1.82, 2.24) is 70.3 Å². The maximum atomic E-state index is 14.0.